The van der Waals surface area contributed by atoms with Crippen molar-refractivity contribution in [1.82, 2.24) is 9.97 Å². The Morgan fingerprint density at radius 1 is 0.403 bits per heavy atom. The normalized spacial score (nSPS) is 10.4. The smallest absolute Gasteiger partial charge is 0.478 e. The van der Waals surface area contributed by atoms with Gasteiger partial charge in [0, 0.05) is 38.9 Å². The summed E-state index contributed by atoms with van der Waals surface area (Å²) < 4.78 is 3.78. The van der Waals surface area contributed by atoms with Crippen molar-refractivity contribution in [3.8, 4) is 44.5 Å². The molecule has 9 heteroatoms. The van der Waals surface area contributed by atoms with Crippen LogP contribution >= 0.6 is 0 Å². The molecule has 2 aromatic heterocycles. The molecule has 0 amide bonds. The van der Waals surface area contributed by atoms with Gasteiger partial charge in [0.15, 0.2) is 0 Å². The molecule has 0 aliphatic heterocycles. The number of rotatable bonds is 6. The topological polar surface area (TPSA) is 111 Å². The van der Waals surface area contributed by atoms with Crippen LogP contribution in [0, 0.1) is 83.1 Å². The minimum Gasteiger partial charge on any atom is -0.478 e. The van der Waals surface area contributed by atoms with Crippen LogP contribution < -0.4 is 19.1 Å². The van der Waals surface area contributed by atoms with Crippen molar-refractivity contribution in [2.45, 2.75) is 83.1 Å². The fraction of sp³-hybridized carbons (Fsp3) is 0.241. The second-order valence-electron chi connectivity index (χ2n) is 17.6. The van der Waals surface area contributed by atoms with Gasteiger partial charge in [-0.1, -0.05) is 107 Å². The van der Waals surface area contributed by atoms with Crippen molar-refractivity contribution in [1.29, 1.82) is 0 Å². The van der Waals surface area contributed by atoms with E-state index in [2.05, 4.69) is 142 Å². The number of carbonyl (C=O) groups is 2. The first-order valence-electron chi connectivity index (χ1n) is 22.1. The van der Waals surface area contributed by atoms with Crippen LogP contribution in [0.1, 0.15) is 87.5 Å². The third-order valence-corrected chi connectivity index (χ3v) is 11.6. The monoisotopic (exact) mass is 936 g/mol. The number of carboxylic acids is 2. The molecule has 8 aromatic rings. The molecule has 8 rings (SSSR count). The molecule has 2 N–H and O–H groups in total. The first-order chi connectivity index (χ1) is 31.2. The van der Waals surface area contributed by atoms with E-state index in [1.165, 1.54) is 22.3 Å². The molecule has 8 nitrogen and oxygen atoms in total. The zero-order valence-electron chi connectivity index (χ0n) is 41.4. The van der Waals surface area contributed by atoms with Gasteiger partial charge in [-0.15, -0.1) is 0 Å². The second kappa shape index (κ2) is 23.1. The van der Waals surface area contributed by atoms with Gasteiger partial charge in [-0.3, -0.25) is 0 Å². The van der Waals surface area contributed by atoms with Gasteiger partial charge < -0.3 is 19.3 Å². The van der Waals surface area contributed by atoms with E-state index in [-0.39, 0.29) is 17.1 Å². The van der Waals surface area contributed by atoms with Gasteiger partial charge in [-0.2, -0.15) is 0 Å². The number of aryl methyl sites for hydroxylation is 14. The number of nitrogens with zero attached hydrogens (tertiary/aromatic N) is 4. The largest absolute Gasteiger partial charge is 2.00 e. The quantitative estimate of drug-likeness (QED) is 0.127. The van der Waals surface area contributed by atoms with Gasteiger partial charge in [0.25, 0.3) is 0 Å². The minimum absolute atomic E-state index is 0. The van der Waals surface area contributed by atoms with Crippen LogP contribution in [0.4, 0.5) is 0 Å². The van der Waals surface area contributed by atoms with Crippen molar-refractivity contribution in [2.75, 3.05) is 0 Å². The van der Waals surface area contributed by atoms with Crippen LogP contribution in [0.2, 0.25) is 0 Å². The zero-order chi connectivity index (χ0) is 48.6. The van der Waals surface area contributed by atoms with E-state index in [0.717, 1.165) is 89.0 Å². The van der Waals surface area contributed by atoms with Crippen LogP contribution in [0.3, 0.4) is 0 Å². The van der Waals surface area contributed by atoms with Gasteiger partial charge >= 0.3 is 29.0 Å². The third kappa shape index (κ3) is 12.8. The Hall–Kier alpha value is -6.80. The molecule has 0 unspecified atom stereocenters. The zero-order valence-corrected chi connectivity index (χ0v) is 42.5. The molecule has 0 aliphatic rings. The predicted molar refractivity (Wildman–Crippen MR) is 267 cm³/mol. The number of benzene rings is 6. The maximum atomic E-state index is 12.4. The van der Waals surface area contributed by atoms with E-state index in [0.29, 0.717) is 11.1 Å². The van der Waals surface area contributed by atoms with Crippen molar-refractivity contribution in [3.63, 3.8) is 0 Å². The Kier molecular flexibility index (Phi) is 18.2. The Morgan fingerprint density at radius 3 is 0.746 bits per heavy atom. The maximum absolute atomic E-state index is 12.4. The molecule has 346 valence electrons. The van der Waals surface area contributed by atoms with Crippen LogP contribution in [0.5, 0.6) is 0 Å². The summed E-state index contributed by atoms with van der Waals surface area (Å²) in [4.78, 5) is 32.3. The van der Waals surface area contributed by atoms with Crippen LogP contribution in [0.25, 0.3) is 44.5 Å². The maximum Gasteiger partial charge on any atom is 2.00 e. The molecule has 0 spiro atoms. The first-order valence-corrected chi connectivity index (χ1v) is 22.1. The molecular formula is C58H64FeN4O4+2. The Bertz CT molecular complexity index is 2570. The van der Waals surface area contributed by atoms with E-state index in [9.17, 15) is 19.8 Å². The van der Waals surface area contributed by atoms with E-state index in [1.807, 2.05) is 72.0 Å². The fourth-order valence-electron chi connectivity index (χ4n) is 9.47. The van der Waals surface area contributed by atoms with E-state index < -0.39 is 11.9 Å². The molecule has 0 atom stereocenters. The van der Waals surface area contributed by atoms with Crippen molar-refractivity contribution < 1.29 is 46.0 Å². The third-order valence-electron chi connectivity index (χ3n) is 11.6. The molecule has 67 heavy (non-hydrogen) atoms. The summed E-state index contributed by atoms with van der Waals surface area (Å²) >= 11 is 0. The van der Waals surface area contributed by atoms with E-state index in [1.54, 1.807) is 25.0 Å². The van der Waals surface area contributed by atoms with E-state index in [4.69, 9.17) is 0 Å². The Balaban J connectivity index is 0.000000231. The molecule has 0 saturated carbocycles. The predicted octanol–water partition coefficient (Wildman–Crippen LogP) is 12.1. The van der Waals surface area contributed by atoms with Crippen LogP contribution in [-0.2, 0) is 31.2 Å². The Labute approximate surface area is 407 Å². The van der Waals surface area contributed by atoms with Gasteiger partial charge in [0.2, 0.25) is 0 Å². The number of aromatic nitrogens is 4. The van der Waals surface area contributed by atoms with Gasteiger partial charge in [-0.05, 0) is 172 Å². The second-order valence-corrected chi connectivity index (χ2v) is 17.6. The summed E-state index contributed by atoms with van der Waals surface area (Å²) in [6, 6.07) is 28.6. The average Bonchev–Trinajstić information content (AvgIpc) is 3.90. The molecule has 0 fully saturated rings. The molecule has 0 radical (unpaired) electrons. The van der Waals surface area contributed by atoms with Crippen molar-refractivity contribution in [3.05, 3.63) is 200 Å². The number of hydrogen-bond donors (Lipinski definition) is 2. The number of imidazole rings is 2. The fourth-order valence-corrected chi connectivity index (χ4v) is 9.47. The van der Waals surface area contributed by atoms with E-state index >= 15 is 0 Å². The van der Waals surface area contributed by atoms with Crippen molar-refractivity contribution >= 4 is 11.9 Å². The number of carboxylic acid groups (broad SMARTS) is 2. The molecule has 0 saturated heterocycles. The summed E-state index contributed by atoms with van der Waals surface area (Å²) in [5.74, 6) is -1.78. The summed E-state index contributed by atoms with van der Waals surface area (Å²) in [7, 11) is 3.88. The minimum atomic E-state index is -0.889. The summed E-state index contributed by atoms with van der Waals surface area (Å²) in [5.41, 5.74) is 21.5. The van der Waals surface area contributed by atoms with Gasteiger partial charge in [0.1, 0.15) is 0 Å². The Morgan fingerprint density at radius 2 is 0.612 bits per heavy atom. The van der Waals surface area contributed by atoms with Crippen molar-refractivity contribution in [2.24, 2.45) is 14.1 Å². The molecule has 0 bridgehead atoms. The molecule has 2 heterocycles. The van der Waals surface area contributed by atoms with Crippen LogP contribution in [0.15, 0.2) is 122 Å². The SMILES string of the molecule is C[n+]1cc[n-]c1.C[n+]1cc[n-]c1.Cc1cc(C)c(-c2cccc(-c3c(C)cc(C)cc3C)c2C(=O)O)c(C)c1.Cc1cc(C)c(-c2cccc(-c3c(C)cc(C)cc3C)c2C(=O)O)c(C)c1.[Fe+2]. The number of aromatic carboxylic acids is 2. The molecule has 0 aliphatic carbocycles. The summed E-state index contributed by atoms with van der Waals surface area (Å²) in [6.45, 7) is 24.7. The summed E-state index contributed by atoms with van der Waals surface area (Å²) in [5, 5.41) is 20.3. The van der Waals surface area contributed by atoms with Gasteiger partial charge in [0.05, 0.1) is 23.8 Å². The summed E-state index contributed by atoms with van der Waals surface area (Å²) in [6.07, 6.45) is 10.8. The average molecular weight is 937 g/mol. The first kappa shape index (κ1) is 52.8. The standard InChI is InChI=1S/2C25H26O2.2C4H6N2.Fe/c2*1-14-10-16(3)22(17(4)11-14)20-8-7-9-21(24(20)25(26)27)23-18(5)12-15(2)13-19(23)6;2*1-6-3-2-5-4-6;/h2*7-13H,1-6H3,(H,26,27);2*2-4H,1H3;/q;;;;+2. The number of hydrogen-bond acceptors (Lipinski definition) is 2. The van der Waals surface area contributed by atoms with Gasteiger partial charge in [-0.25, -0.2) is 19.6 Å². The van der Waals surface area contributed by atoms with Crippen LogP contribution in [-0.4, -0.2) is 22.2 Å². The molecule has 6 aromatic carbocycles. The molecular weight excluding hydrogens is 873 g/mol.